The lowest BCUT2D eigenvalue weighted by atomic mass is 10.1. The van der Waals surface area contributed by atoms with Crippen LogP contribution in [0, 0.1) is 0 Å². The van der Waals surface area contributed by atoms with Crippen molar-refractivity contribution >= 4 is 5.91 Å². The van der Waals surface area contributed by atoms with E-state index in [1.807, 2.05) is 4.90 Å². The van der Waals surface area contributed by atoms with E-state index in [4.69, 9.17) is 10.2 Å². The molecule has 0 heterocycles. The summed E-state index contributed by atoms with van der Waals surface area (Å²) in [5, 5.41) is 24.3. The van der Waals surface area contributed by atoms with Crippen molar-refractivity contribution in [2.75, 3.05) is 52.5 Å². The van der Waals surface area contributed by atoms with E-state index >= 15 is 0 Å². The molecule has 0 atom stereocenters. The molecule has 6 nitrogen and oxygen atoms in total. The van der Waals surface area contributed by atoms with Gasteiger partial charge in [-0.05, 0) is 25.9 Å². The first-order valence-electron chi connectivity index (χ1n) is 12.7. The number of nitrogens with zero attached hydrogens (tertiary/aromatic N) is 1. The van der Waals surface area contributed by atoms with Crippen LogP contribution in [0.5, 0.6) is 0 Å². The number of amides is 1. The lowest BCUT2D eigenvalue weighted by Crippen LogP contribution is -2.33. The third-order valence-electron chi connectivity index (χ3n) is 5.54. The molecule has 0 fully saturated rings. The normalized spacial score (nSPS) is 11.3. The zero-order valence-electron chi connectivity index (χ0n) is 19.8. The van der Waals surface area contributed by atoms with Crippen molar-refractivity contribution in [1.82, 2.24) is 15.5 Å². The number of rotatable bonds is 24. The van der Waals surface area contributed by atoms with E-state index in [-0.39, 0.29) is 19.1 Å². The molecule has 30 heavy (non-hydrogen) atoms. The number of aliphatic hydroxyl groups excluding tert-OH is 2. The van der Waals surface area contributed by atoms with Crippen molar-refractivity contribution in [3.8, 4) is 0 Å². The van der Waals surface area contributed by atoms with Crippen molar-refractivity contribution in [3.05, 3.63) is 0 Å². The van der Waals surface area contributed by atoms with E-state index in [0.717, 1.165) is 32.5 Å². The molecule has 0 bridgehead atoms. The largest absolute Gasteiger partial charge is 0.395 e. The molecule has 0 radical (unpaired) electrons. The second-order valence-electron chi connectivity index (χ2n) is 8.38. The van der Waals surface area contributed by atoms with Gasteiger partial charge in [-0.1, -0.05) is 77.6 Å². The van der Waals surface area contributed by atoms with Gasteiger partial charge in [0.2, 0.25) is 5.91 Å². The maximum Gasteiger partial charge on any atom is 0.221 e. The number of carbonyl (C=O) groups excluding carboxylic acids is 1. The van der Waals surface area contributed by atoms with E-state index in [1.54, 1.807) is 0 Å². The summed E-state index contributed by atoms with van der Waals surface area (Å²) in [6.07, 6.45) is 17.5. The molecule has 6 heteroatoms. The SMILES string of the molecule is CCCCCCCCCCCCCCNC(=O)CCNCCCN(CCO)CCO. The minimum atomic E-state index is 0.118. The van der Waals surface area contributed by atoms with Gasteiger partial charge in [0.15, 0.2) is 0 Å². The van der Waals surface area contributed by atoms with E-state index in [9.17, 15) is 4.79 Å². The zero-order valence-corrected chi connectivity index (χ0v) is 19.8. The maximum absolute atomic E-state index is 11.8. The van der Waals surface area contributed by atoms with Gasteiger partial charge in [0.05, 0.1) is 13.2 Å². The van der Waals surface area contributed by atoms with Crippen LogP contribution in [0.3, 0.4) is 0 Å². The van der Waals surface area contributed by atoms with Gasteiger partial charge in [-0.15, -0.1) is 0 Å². The molecule has 4 N–H and O–H groups in total. The van der Waals surface area contributed by atoms with Gasteiger partial charge in [0.1, 0.15) is 0 Å². The molecule has 0 aromatic heterocycles. The van der Waals surface area contributed by atoms with Gasteiger partial charge in [-0.2, -0.15) is 0 Å². The molecular weight excluding hydrogens is 378 g/mol. The Labute approximate surface area is 186 Å². The van der Waals surface area contributed by atoms with Crippen molar-refractivity contribution in [1.29, 1.82) is 0 Å². The van der Waals surface area contributed by atoms with Gasteiger partial charge in [0, 0.05) is 32.6 Å². The molecule has 0 rings (SSSR count). The summed E-state index contributed by atoms with van der Waals surface area (Å²) < 4.78 is 0. The molecule has 0 saturated carbocycles. The maximum atomic E-state index is 11.8. The fourth-order valence-corrected chi connectivity index (χ4v) is 3.66. The van der Waals surface area contributed by atoms with Crippen LogP contribution < -0.4 is 10.6 Å². The van der Waals surface area contributed by atoms with Crippen LogP contribution in [-0.4, -0.2) is 73.5 Å². The van der Waals surface area contributed by atoms with Crippen LogP contribution in [0.4, 0.5) is 0 Å². The van der Waals surface area contributed by atoms with Crippen molar-refractivity contribution < 1.29 is 15.0 Å². The third-order valence-corrected chi connectivity index (χ3v) is 5.54. The lowest BCUT2D eigenvalue weighted by molar-refractivity contribution is -0.121. The summed E-state index contributed by atoms with van der Waals surface area (Å²) in [6.45, 7) is 6.89. The molecular formula is C24H51N3O3. The monoisotopic (exact) mass is 429 g/mol. The van der Waals surface area contributed by atoms with Crippen molar-refractivity contribution in [2.45, 2.75) is 96.8 Å². The van der Waals surface area contributed by atoms with Crippen LogP contribution in [0.1, 0.15) is 96.8 Å². The molecule has 0 aliphatic carbocycles. The highest BCUT2D eigenvalue weighted by molar-refractivity contribution is 5.75. The average molecular weight is 430 g/mol. The first-order chi connectivity index (χ1) is 14.7. The molecule has 0 aromatic rings. The minimum Gasteiger partial charge on any atom is -0.395 e. The van der Waals surface area contributed by atoms with E-state index in [0.29, 0.717) is 26.1 Å². The summed E-state index contributed by atoms with van der Waals surface area (Å²) in [4.78, 5) is 13.9. The highest BCUT2D eigenvalue weighted by atomic mass is 16.3. The van der Waals surface area contributed by atoms with Crippen LogP contribution in [0.25, 0.3) is 0 Å². The number of aliphatic hydroxyl groups is 2. The molecule has 1 amide bonds. The van der Waals surface area contributed by atoms with Crippen molar-refractivity contribution in [3.63, 3.8) is 0 Å². The number of nitrogens with one attached hydrogen (secondary N) is 2. The molecule has 0 spiro atoms. The average Bonchev–Trinajstić information content (AvgIpc) is 2.74. The second kappa shape index (κ2) is 24.6. The number of carbonyl (C=O) groups is 1. The van der Waals surface area contributed by atoms with Crippen LogP contribution in [0.15, 0.2) is 0 Å². The molecule has 0 aliphatic heterocycles. The third kappa shape index (κ3) is 22.0. The van der Waals surface area contributed by atoms with Gasteiger partial charge in [-0.25, -0.2) is 0 Å². The summed E-state index contributed by atoms with van der Waals surface area (Å²) in [7, 11) is 0. The minimum absolute atomic E-state index is 0.118. The molecule has 0 saturated heterocycles. The quantitative estimate of drug-likeness (QED) is 0.177. The van der Waals surface area contributed by atoms with Crippen molar-refractivity contribution in [2.24, 2.45) is 0 Å². The Morgan fingerprint density at radius 1 is 0.667 bits per heavy atom. The molecule has 0 aromatic carbocycles. The van der Waals surface area contributed by atoms with Gasteiger partial charge in [0.25, 0.3) is 0 Å². The number of unbranched alkanes of at least 4 members (excludes halogenated alkanes) is 11. The Kier molecular flexibility index (Phi) is 24.0. The smallest absolute Gasteiger partial charge is 0.221 e. The summed E-state index contributed by atoms with van der Waals surface area (Å²) in [5.74, 6) is 0.132. The van der Waals surface area contributed by atoms with E-state index < -0.39 is 0 Å². The van der Waals surface area contributed by atoms with Gasteiger partial charge in [-0.3, -0.25) is 9.69 Å². The van der Waals surface area contributed by atoms with Crippen LogP contribution in [0.2, 0.25) is 0 Å². The fraction of sp³-hybridized carbons (Fsp3) is 0.958. The Morgan fingerprint density at radius 2 is 1.20 bits per heavy atom. The molecule has 0 aliphatic rings. The predicted molar refractivity (Wildman–Crippen MR) is 127 cm³/mol. The Balaban J connectivity index is 3.29. The molecule has 0 unspecified atom stereocenters. The topological polar surface area (TPSA) is 84.8 Å². The number of hydrogen-bond donors (Lipinski definition) is 4. The van der Waals surface area contributed by atoms with Gasteiger partial charge < -0.3 is 20.8 Å². The zero-order chi connectivity index (χ0) is 22.1. The van der Waals surface area contributed by atoms with Gasteiger partial charge >= 0.3 is 0 Å². The van der Waals surface area contributed by atoms with Crippen LogP contribution in [-0.2, 0) is 4.79 Å². The lowest BCUT2D eigenvalue weighted by Gasteiger charge is -2.19. The van der Waals surface area contributed by atoms with Crippen LogP contribution >= 0.6 is 0 Å². The Bertz CT molecular complexity index is 351. The van der Waals surface area contributed by atoms with E-state index in [2.05, 4.69) is 17.6 Å². The Morgan fingerprint density at radius 3 is 1.73 bits per heavy atom. The molecule has 180 valence electrons. The first-order valence-corrected chi connectivity index (χ1v) is 12.7. The standard InChI is InChI=1S/C24H51N3O3/c1-2-3-4-5-6-7-8-9-10-11-12-13-17-26-24(30)15-18-25-16-14-19-27(20-22-28)21-23-29/h25,28-29H,2-23H2,1H3,(H,26,30). The predicted octanol–water partition coefficient (Wildman–Crippen LogP) is 3.46. The highest BCUT2D eigenvalue weighted by Gasteiger charge is 2.03. The first kappa shape index (κ1) is 29.3. The van der Waals surface area contributed by atoms with E-state index in [1.165, 1.54) is 70.6 Å². The summed E-state index contributed by atoms with van der Waals surface area (Å²) in [5.41, 5.74) is 0. The second-order valence-corrected chi connectivity index (χ2v) is 8.38. The number of hydrogen-bond acceptors (Lipinski definition) is 5. The summed E-state index contributed by atoms with van der Waals surface area (Å²) >= 11 is 0. The fourth-order valence-electron chi connectivity index (χ4n) is 3.66. The Hall–Kier alpha value is -0.690. The highest BCUT2D eigenvalue weighted by Crippen LogP contribution is 2.11. The summed E-state index contributed by atoms with van der Waals surface area (Å²) in [6, 6.07) is 0.